The van der Waals surface area contributed by atoms with Gasteiger partial charge in [0.2, 0.25) is 5.91 Å². The summed E-state index contributed by atoms with van der Waals surface area (Å²) < 4.78 is 0. The van der Waals surface area contributed by atoms with Gasteiger partial charge in [0.25, 0.3) is 0 Å². The van der Waals surface area contributed by atoms with Crippen molar-refractivity contribution in [1.29, 1.82) is 0 Å². The van der Waals surface area contributed by atoms with Crippen LogP contribution < -0.4 is 20.9 Å². The molecule has 0 radical (unpaired) electrons. The van der Waals surface area contributed by atoms with Crippen LogP contribution in [0, 0.1) is 0 Å². The van der Waals surface area contributed by atoms with Gasteiger partial charge in [-0.1, -0.05) is 0 Å². The average Bonchev–Trinajstić information content (AvgIpc) is 2.55. The monoisotopic (exact) mass is 262 g/mol. The molecule has 2 aliphatic rings. The Hall–Kier alpha value is -1.89. The SMILES string of the molecule is CC1CC(=O)Nc2c(ncnc2N2CCNCC2)N1. The number of carbonyl (C=O) groups is 1. The van der Waals surface area contributed by atoms with Gasteiger partial charge in [-0.15, -0.1) is 0 Å². The van der Waals surface area contributed by atoms with E-state index in [4.69, 9.17) is 0 Å². The first-order valence-corrected chi connectivity index (χ1v) is 6.61. The van der Waals surface area contributed by atoms with Gasteiger partial charge in [-0.05, 0) is 6.92 Å². The van der Waals surface area contributed by atoms with Crippen molar-refractivity contribution >= 4 is 23.2 Å². The molecule has 1 aromatic rings. The van der Waals surface area contributed by atoms with E-state index in [1.165, 1.54) is 0 Å². The summed E-state index contributed by atoms with van der Waals surface area (Å²) in [4.78, 5) is 22.6. The van der Waals surface area contributed by atoms with Crippen LogP contribution in [0.25, 0.3) is 0 Å². The van der Waals surface area contributed by atoms with E-state index in [2.05, 4.69) is 30.8 Å². The van der Waals surface area contributed by atoms with Gasteiger partial charge >= 0.3 is 0 Å². The number of fused-ring (bicyclic) bond motifs is 1. The van der Waals surface area contributed by atoms with Crippen molar-refractivity contribution in [3.8, 4) is 0 Å². The Morgan fingerprint density at radius 2 is 2.11 bits per heavy atom. The summed E-state index contributed by atoms with van der Waals surface area (Å²) in [6.07, 6.45) is 1.99. The highest BCUT2D eigenvalue weighted by atomic mass is 16.1. The van der Waals surface area contributed by atoms with Crippen molar-refractivity contribution in [2.24, 2.45) is 0 Å². The Morgan fingerprint density at radius 1 is 1.32 bits per heavy atom. The van der Waals surface area contributed by atoms with E-state index in [1.807, 2.05) is 6.92 Å². The van der Waals surface area contributed by atoms with Gasteiger partial charge in [0, 0.05) is 38.6 Å². The number of hydrogen-bond donors (Lipinski definition) is 3. The van der Waals surface area contributed by atoms with E-state index in [-0.39, 0.29) is 11.9 Å². The summed E-state index contributed by atoms with van der Waals surface area (Å²) in [5.74, 6) is 1.52. The molecule has 1 unspecified atom stereocenters. The molecule has 19 heavy (non-hydrogen) atoms. The van der Waals surface area contributed by atoms with Crippen molar-refractivity contribution < 1.29 is 4.79 Å². The molecule has 102 valence electrons. The van der Waals surface area contributed by atoms with Gasteiger partial charge in [-0.2, -0.15) is 0 Å². The van der Waals surface area contributed by atoms with Crippen molar-refractivity contribution in [2.75, 3.05) is 41.7 Å². The maximum Gasteiger partial charge on any atom is 0.226 e. The summed E-state index contributed by atoms with van der Waals surface area (Å²) >= 11 is 0. The smallest absolute Gasteiger partial charge is 0.226 e. The molecule has 0 bridgehead atoms. The molecule has 3 N–H and O–H groups in total. The Labute approximate surface area is 111 Å². The minimum absolute atomic E-state index is 0.00457. The Balaban J connectivity index is 1.97. The van der Waals surface area contributed by atoms with Crippen LogP contribution in [0.5, 0.6) is 0 Å². The van der Waals surface area contributed by atoms with Crippen molar-refractivity contribution in [2.45, 2.75) is 19.4 Å². The normalized spacial score (nSPS) is 23.1. The number of amides is 1. The van der Waals surface area contributed by atoms with E-state index in [0.29, 0.717) is 17.9 Å². The van der Waals surface area contributed by atoms with Crippen LogP contribution in [0.3, 0.4) is 0 Å². The van der Waals surface area contributed by atoms with Gasteiger partial charge in [-0.25, -0.2) is 9.97 Å². The maximum atomic E-state index is 11.9. The Bertz CT molecular complexity index is 485. The fraction of sp³-hybridized carbons (Fsp3) is 0.583. The van der Waals surface area contributed by atoms with E-state index < -0.39 is 0 Å². The molecule has 7 nitrogen and oxygen atoms in total. The summed E-state index contributed by atoms with van der Waals surface area (Å²) in [5.41, 5.74) is 0.707. The fourth-order valence-corrected chi connectivity index (χ4v) is 2.47. The molecule has 1 amide bonds. The quantitative estimate of drug-likeness (QED) is 0.662. The van der Waals surface area contributed by atoms with Crippen LogP contribution >= 0.6 is 0 Å². The van der Waals surface area contributed by atoms with Crippen LogP contribution in [0.1, 0.15) is 13.3 Å². The van der Waals surface area contributed by atoms with E-state index >= 15 is 0 Å². The van der Waals surface area contributed by atoms with Gasteiger partial charge in [-0.3, -0.25) is 4.79 Å². The molecule has 3 rings (SSSR count). The van der Waals surface area contributed by atoms with E-state index in [0.717, 1.165) is 32.0 Å². The minimum Gasteiger partial charge on any atom is -0.365 e. The van der Waals surface area contributed by atoms with Crippen molar-refractivity contribution in [3.63, 3.8) is 0 Å². The molecular weight excluding hydrogens is 244 g/mol. The number of rotatable bonds is 1. The van der Waals surface area contributed by atoms with Gasteiger partial charge in [0.05, 0.1) is 0 Å². The molecule has 1 fully saturated rings. The van der Waals surface area contributed by atoms with E-state index in [9.17, 15) is 4.79 Å². The Morgan fingerprint density at radius 3 is 2.89 bits per heavy atom. The molecule has 1 aromatic heterocycles. The largest absolute Gasteiger partial charge is 0.365 e. The van der Waals surface area contributed by atoms with Crippen molar-refractivity contribution in [3.05, 3.63) is 6.33 Å². The molecule has 0 aliphatic carbocycles. The second-order valence-corrected chi connectivity index (χ2v) is 4.96. The zero-order chi connectivity index (χ0) is 13.2. The number of anilines is 3. The molecule has 2 aliphatic heterocycles. The first-order chi connectivity index (χ1) is 9.24. The highest BCUT2D eigenvalue weighted by Gasteiger charge is 2.24. The summed E-state index contributed by atoms with van der Waals surface area (Å²) in [6, 6.07) is 0.0759. The number of piperazine rings is 1. The van der Waals surface area contributed by atoms with E-state index in [1.54, 1.807) is 6.33 Å². The molecule has 1 atom stereocenters. The lowest BCUT2D eigenvalue weighted by molar-refractivity contribution is -0.116. The topological polar surface area (TPSA) is 82.2 Å². The summed E-state index contributed by atoms with van der Waals surface area (Å²) in [7, 11) is 0. The lowest BCUT2D eigenvalue weighted by atomic mass is 10.2. The number of aromatic nitrogens is 2. The summed E-state index contributed by atoms with van der Waals surface area (Å²) in [6.45, 7) is 5.60. The van der Waals surface area contributed by atoms with Crippen LogP contribution in [-0.4, -0.2) is 48.1 Å². The third kappa shape index (κ3) is 2.46. The zero-order valence-electron chi connectivity index (χ0n) is 10.9. The first kappa shape index (κ1) is 12.2. The van der Waals surface area contributed by atoms with Crippen molar-refractivity contribution in [1.82, 2.24) is 15.3 Å². The van der Waals surface area contributed by atoms with Crippen LogP contribution in [-0.2, 0) is 4.79 Å². The maximum absolute atomic E-state index is 11.9. The molecule has 7 heteroatoms. The second kappa shape index (κ2) is 5.00. The molecule has 3 heterocycles. The lowest BCUT2D eigenvalue weighted by Gasteiger charge is -2.30. The molecule has 0 spiro atoms. The van der Waals surface area contributed by atoms with Crippen LogP contribution in [0.2, 0.25) is 0 Å². The minimum atomic E-state index is 0.00457. The predicted molar refractivity (Wildman–Crippen MR) is 73.4 cm³/mol. The lowest BCUT2D eigenvalue weighted by Crippen LogP contribution is -2.44. The molecule has 1 saturated heterocycles. The number of nitrogens with zero attached hydrogens (tertiary/aromatic N) is 3. The van der Waals surface area contributed by atoms with Gasteiger partial charge in [0.1, 0.15) is 12.0 Å². The summed E-state index contributed by atoms with van der Waals surface area (Å²) in [5, 5.41) is 9.49. The number of hydrogen-bond acceptors (Lipinski definition) is 6. The predicted octanol–water partition coefficient (Wildman–Crippen LogP) is 0.0288. The molecule has 0 saturated carbocycles. The standard InChI is InChI=1S/C12H18N6O/c1-8-6-9(19)17-10-11(16-8)14-7-15-12(10)18-4-2-13-3-5-18/h7-8,13H,2-6H2,1H3,(H,17,19)(H,14,15,16). The number of carbonyl (C=O) groups excluding carboxylic acids is 1. The van der Waals surface area contributed by atoms with Crippen LogP contribution in [0.15, 0.2) is 6.33 Å². The highest BCUT2D eigenvalue weighted by Crippen LogP contribution is 2.32. The average molecular weight is 262 g/mol. The Kier molecular flexibility index (Phi) is 3.20. The molecular formula is C12H18N6O. The third-order valence-electron chi connectivity index (χ3n) is 3.38. The third-order valence-corrected chi connectivity index (χ3v) is 3.38. The van der Waals surface area contributed by atoms with Crippen LogP contribution in [0.4, 0.5) is 17.3 Å². The highest BCUT2D eigenvalue weighted by molar-refractivity contribution is 5.99. The zero-order valence-corrected chi connectivity index (χ0v) is 10.9. The number of nitrogens with one attached hydrogen (secondary N) is 3. The fourth-order valence-electron chi connectivity index (χ4n) is 2.47. The van der Waals surface area contributed by atoms with Gasteiger partial charge < -0.3 is 20.9 Å². The molecule has 0 aromatic carbocycles. The second-order valence-electron chi connectivity index (χ2n) is 4.96. The first-order valence-electron chi connectivity index (χ1n) is 6.61. The van der Waals surface area contributed by atoms with Gasteiger partial charge in [0.15, 0.2) is 11.6 Å².